The van der Waals surface area contributed by atoms with Crippen molar-refractivity contribution in [2.75, 3.05) is 0 Å². The van der Waals surface area contributed by atoms with Crippen molar-refractivity contribution in [3.8, 4) is 0 Å². The number of hydrogen-bond donors (Lipinski definition) is 3. The largest absolute Gasteiger partial charge is 0.478 e. The number of aliphatic hydroxyl groups is 1. The Bertz CT molecular complexity index is 363. The molecule has 1 aliphatic carbocycles. The molecule has 0 saturated carbocycles. The number of rotatable bonds is 4. The number of amides is 1. The molecule has 0 aliphatic heterocycles. The zero-order valence-electron chi connectivity index (χ0n) is 10.7. The second-order valence-electron chi connectivity index (χ2n) is 4.64. The van der Waals surface area contributed by atoms with Gasteiger partial charge in [-0.05, 0) is 19.9 Å². The predicted octanol–water partition coefficient (Wildman–Crippen LogP) is 0.0603. The lowest BCUT2D eigenvalue weighted by molar-refractivity contribution is -0.133. The Morgan fingerprint density at radius 3 is 2.56 bits per heavy atom. The first kappa shape index (κ1) is 14.7. The highest BCUT2D eigenvalue weighted by molar-refractivity contribution is 5.87. The number of ether oxygens (including phenoxy) is 1. The van der Waals surface area contributed by atoms with E-state index in [0.29, 0.717) is 0 Å². The molecule has 3 N–H and O–H groups in total. The molecule has 0 aromatic carbocycles. The Morgan fingerprint density at radius 2 is 2.11 bits per heavy atom. The topological polar surface area (TPSA) is 95.9 Å². The van der Waals surface area contributed by atoms with E-state index in [1.807, 2.05) is 0 Å². The standard InChI is InChI=1S/C12H19NO5/c1-6(2)18-10-5-8(12(16)17)4-9(15)11(10)13-7(3)14/h5-6,9-11,15H,4H2,1-3H3,(H,13,14)(H,16,17)/t9-,10-,11-/m1/s1. The fourth-order valence-corrected chi connectivity index (χ4v) is 1.95. The van der Waals surface area contributed by atoms with Gasteiger partial charge in [-0.3, -0.25) is 4.79 Å². The third kappa shape index (κ3) is 3.82. The summed E-state index contributed by atoms with van der Waals surface area (Å²) < 4.78 is 5.54. The van der Waals surface area contributed by atoms with Crippen LogP contribution in [0.25, 0.3) is 0 Å². The first-order valence-electron chi connectivity index (χ1n) is 5.86. The van der Waals surface area contributed by atoms with Crippen LogP contribution in [0.5, 0.6) is 0 Å². The molecule has 0 radical (unpaired) electrons. The van der Waals surface area contributed by atoms with Crippen LogP contribution in [0.3, 0.4) is 0 Å². The van der Waals surface area contributed by atoms with Gasteiger partial charge in [0.2, 0.25) is 5.91 Å². The van der Waals surface area contributed by atoms with Gasteiger partial charge in [0.25, 0.3) is 0 Å². The van der Waals surface area contributed by atoms with E-state index in [0.717, 1.165) is 0 Å². The van der Waals surface area contributed by atoms with Crippen molar-refractivity contribution in [1.82, 2.24) is 5.32 Å². The lowest BCUT2D eigenvalue weighted by Gasteiger charge is -2.34. The van der Waals surface area contributed by atoms with Gasteiger partial charge in [0.15, 0.2) is 0 Å². The fraction of sp³-hybridized carbons (Fsp3) is 0.667. The van der Waals surface area contributed by atoms with Crippen molar-refractivity contribution < 1.29 is 24.5 Å². The van der Waals surface area contributed by atoms with Crippen LogP contribution in [0.1, 0.15) is 27.2 Å². The van der Waals surface area contributed by atoms with Gasteiger partial charge in [-0.25, -0.2) is 4.79 Å². The number of aliphatic carboxylic acids is 1. The minimum Gasteiger partial charge on any atom is -0.478 e. The van der Waals surface area contributed by atoms with E-state index in [4.69, 9.17) is 9.84 Å². The summed E-state index contributed by atoms with van der Waals surface area (Å²) in [6, 6.07) is -0.618. The van der Waals surface area contributed by atoms with Crippen molar-refractivity contribution in [3.05, 3.63) is 11.6 Å². The van der Waals surface area contributed by atoms with Crippen LogP contribution in [0, 0.1) is 0 Å². The molecule has 3 atom stereocenters. The maximum absolute atomic E-state index is 11.1. The smallest absolute Gasteiger partial charge is 0.331 e. The average Bonchev–Trinajstić information content (AvgIpc) is 2.21. The number of aliphatic hydroxyl groups excluding tert-OH is 1. The van der Waals surface area contributed by atoms with Crippen LogP contribution in [-0.2, 0) is 14.3 Å². The van der Waals surface area contributed by atoms with Gasteiger partial charge in [0, 0.05) is 18.9 Å². The first-order chi connectivity index (χ1) is 8.31. The SMILES string of the molecule is CC(=O)N[C@@H]1[C@H](O)CC(C(=O)O)=C[C@H]1OC(C)C. The van der Waals surface area contributed by atoms with Gasteiger partial charge in [-0.1, -0.05) is 0 Å². The van der Waals surface area contributed by atoms with Crippen LogP contribution in [0.2, 0.25) is 0 Å². The molecule has 102 valence electrons. The van der Waals surface area contributed by atoms with Gasteiger partial charge in [-0.15, -0.1) is 0 Å². The van der Waals surface area contributed by atoms with Gasteiger partial charge >= 0.3 is 5.97 Å². The summed E-state index contributed by atoms with van der Waals surface area (Å²) in [7, 11) is 0. The summed E-state index contributed by atoms with van der Waals surface area (Å²) in [6.07, 6.45) is -0.284. The average molecular weight is 257 g/mol. The third-order valence-corrected chi connectivity index (χ3v) is 2.64. The molecular weight excluding hydrogens is 238 g/mol. The maximum atomic E-state index is 11.1. The monoisotopic (exact) mass is 257 g/mol. The van der Waals surface area contributed by atoms with Gasteiger partial charge < -0.3 is 20.3 Å². The van der Waals surface area contributed by atoms with E-state index in [-0.39, 0.29) is 24.0 Å². The fourth-order valence-electron chi connectivity index (χ4n) is 1.95. The molecule has 1 amide bonds. The van der Waals surface area contributed by atoms with Crippen LogP contribution >= 0.6 is 0 Å². The highest BCUT2D eigenvalue weighted by Gasteiger charge is 2.35. The molecule has 0 unspecified atom stereocenters. The van der Waals surface area contributed by atoms with E-state index in [9.17, 15) is 14.7 Å². The van der Waals surface area contributed by atoms with Gasteiger partial charge in [-0.2, -0.15) is 0 Å². The van der Waals surface area contributed by atoms with Gasteiger partial charge in [0.1, 0.15) is 0 Å². The quantitative estimate of drug-likeness (QED) is 0.662. The summed E-state index contributed by atoms with van der Waals surface area (Å²) in [6.45, 7) is 4.95. The summed E-state index contributed by atoms with van der Waals surface area (Å²) in [4.78, 5) is 22.0. The number of carboxylic acid groups (broad SMARTS) is 1. The van der Waals surface area contributed by atoms with Crippen LogP contribution < -0.4 is 5.32 Å². The van der Waals surface area contributed by atoms with Gasteiger partial charge in [0.05, 0.1) is 24.4 Å². The Balaban J connectivity index is 2.94. The molecule has 0 bridgehead atoms. The Hall–Kier alpha value is -1.40. The lowest BCUT2D eigenvalue weighted by Crippen LogP contribution is -2.53. The molecule has 1 aliphatic rings. The van der Waals surface area contributed by atoms with Crippen LogP contribution in [0.4, 0.5) is 0 Å². The molecule has 0 fully saturated rings. The van der Waals surface area contributed by atoms with E-state index in [1.54, 1.807) is 13.8 Å². The second kappa shape index (κ2) is 5.97. The lowest BCUT2D eigenvalue weighted by atomic mass is 9.90. The summed E-state index contributed by atoms with van der Waals surface area (Å²) in [5.41, 5.74) is 0.106. The van der Waals surface area contributed by atoms with Crippen LogP contribution in [0.15, 0.2) is 11.6 Å². The minimum atomic E-state index is -1.08. The number of carbonyl (C=O) groups excluding carboxylic acids is 1. The van der Waals surface area contributed by atoms with Crippen molar-refractivity contribution in [2.24, 2.45) is 0 Å². The predicted molar refractivity (Wildman–Crippen MR) is 64.0 cm³/mol. The molecule has 18 heavy (non-hydrogen) atoms. The number of nitrogens with one attached hydrogen (secondary N) is 1. The molecule has 1 rings (SSSR count). The van der Waals surface area contributed by atoms with Crippen molar-refractivity contribution in [2.45, 2.75) is 51.5 Å². The molecule has 6 nitrogen and oxygen atoms in total. The highest BCUT2D eigenvalue weighted by Crippen LogP contribution is 2.23. The third-order valence-electron chi connectivity index (χ3n) is 2.64. The summed E-state index contributed by atoms with van der Waals surface area (Å²) in [5.74, 6) is -1.36. The zero-order chi connectivity index (χ0) is 13.9. The van der Waals surface area contributed by atoms with E-state index in [2.05, 4.69) is 5.32 Å². The number of hydrogen-bond acceptors (Lipinski definition) is 4. The number of carbonyl (C=O) groups is 2. The maximum Gasteiger partial charge on any atom is 0.331 e. The molecule has 0 aromatic rings. The second-order valence-corrected chi connectivity index (χ2v) is 4.64. The number of carboxylic acids is 1. The minimum absolute atomic E-state index is 0.00175. The first-order valence-corrected chi connectivity index (χ1v) is 5.86. The Labute approximate surface area is 106 Å². The summed E-state index contributed by atoms with van der Waals surface area (Å²) in [5, 5.41) is 21.5. The molecule has 0 spiro atoms. The molecule has 6 heteroatoms. The van der Waals surface area contributed by atoms with Crippen molar-refractivity contribution in [3.63, 3.8) is 0 Å². The molecule has 0 saturated heterocycles. The zero-order valence-corrected chi connectivity index (χ0v) is 10.7. The van der Waals surface area contributed by atoms with Crippen LogP contribution in [-0.4, -0.2) is 46.4 Å². The molecule has 0 aromatic heterocycles. The molecule has 0 heterocycles. The normalized spacial score (nSPS) is 27.8. The van der Waals surface area contributed by atoms with Crippen molar-refractivity contribution in [1.29, 1.82) is 0 Å². The molecular formula is C12H19NO5. The van der Waals surface area contributed by atoms with E-state index >= 15 is 0 Å². The highest BCUT2D eigenvalue weighted by atomic mass is 16.5. The van der Waals surface area contributed by atoms with E-state index < -0.39 is 24.2 Å². The Kier molecular flexibility index (Phi) is 4.86. The summed E-state index contributed by atoms with van der Waals surface area (Å²) >= 11 is 0. The Morgan fingerprint density at radius 1 is 1.50 bits per heavy atom. The van der Waals surface area contributed by atoms with Crippen molar-refractivity contribution >= 4 is 11.9 Å². The van der Waals surface area contributed by atoms with E-state index in [1.165, 1.54) is 13.0 Å².